The summed E-state index contributed by atoms with van der Waals surface area (Å²) in [5.74, 6) is 0.730. The molecule has 0 aromatic carbocycles. The van der Waals surface area contributed by atoms with E-state index in [1.54, 1.807) is 16.8 Å². The van der Waals surface area contributed by atoms with Crippen LogP contribution in [-0.2, 0) is 16.1 Å². The highest BCUT2D eigenvalue weighted by Gasteiger charge is 2.24. The van der Waals surface area contributed by atoms with E-state index >= 15 is 0 Å². The van der Waals surface area contributed by atoms with Crippen molar-refractivity contribution in [2.75, 3.05) is 6.61 Å². The minimum Gasteiger partial charge on any atom is -0.465 e. The molecule has 0 aliphatic heterocycles. The van der Waals surface area contributed by atoms with Gasteiger partial charge in [0.15, 0.2) is 0 Å². The molecule has 1 atom stereocenters. The molecule has 1 unspecified atom stereocenters. The van der Waals surface area contributed by atoms with Crippen LogP contribution in [-0.4, -0.2) is 22.1 Å². The Morgan fingerprint density at radius 2 is 1.88 bits per heavy atom. The Kier molecular flexibility index (Phi) is 9.71. The number of carbonyl (C=O) groups excluding carboxylic acids is 1. The molecule has 0 saturated heterocycles. The molecule has 0 aliphatic carbocycles. The molecular weight excluding hydrogens is 336 g/mol. The van der Waals surface area contributed by atoms with Gasteiger partial charge in [-0.1, -0.05) is 46.3 Å². The third-order valence-corrected chi connectivity index (χ3v) is 4.65. The monoisotopic (exact) mass is 368 g/mol. The summed E-state index contributed by atoms with van der Waals surface area (Å²) >= 11 is 5.15. The first-order valence-corrected chi connectivity index (χ1v) is 9.69. The summed E-state index contributed by atoms with van der Waals surface area (Å²) in [7, 11) is 0. The molecule has 0 saturated carbocycles. The van der Waals surface area contributed by atoms with Crippen molar-refractivity contribution in [2.24, 2.45) is 17.8 Å². The van der Waals surface area contributed by atoms with Crippen molar-refractivity contribution < 1.29 is 9.53 Å². The van der Waals surface area contributed by atoms with Gasteiger partial charge in [0.05, 0.1) is 12.5 Å². The van der Waals surface area contributed by atoms with Crippen LogP contribution in [0.25, 0.3) is 0 Å². The van der Waals surface area contributed by atoms with Crippen LogP contribution in [0.5, 0.6) is 0 Å². The fourth-order valence-electron chi connectivity index (χ4n) is 2.82. The number of aromatic nitrogens is 2. The number of nitrogens with zero attached hydrogens (tertiary/aromatic N) is 1. The first-order chi connectivity index (χ1) is 11.8. The highest BCUT2D eigenvalue weighted by Crippen LogP contribution is 2.21. The summed E-state index contributed by atoms with van der Waals surface area (Å²) in [5.41, 5.74) is -0.161. The zero-order valence-corrected chi connectivity index (χ0v) is 16.7. The zero-order valence-electron chi connectivity index (χ0n) is 15.9. The lowest BCUT2D eigenvalue weighted by atomic mass is 9.88. The van der Waals surface area contributed by atoms with E-state index in [0.717, 1.165) is 32.1 Å². The molecule has 1 N–H and O–H groups in total. The second-order valence-corrected chi connectivity index (χ2v) is 7.75. The molecule has 1 aromatic heterocycles. The van der Waals surface area contributed by atoms with Crippen LogP contribution in [0.2, 0.25) is 0 Å². The molecule has 1 rings (SSSR count). The van der Waals surface area contributed by atoms with Gasteiger partial charge < -0.3 is 9.72 Å². The maximum Gasteiger partial charge on any atom is 0.326 e. The van der Waals surface area contributed by atoms with Crippen LogP contribution in [0.3, 0.4) is 0 Å². The third kappa shape index (κ3) is 7.99. The van der Waals surface area contributed by atoms with Crippen molar-refractivity contribution in [2.45, 2.75) is 66.3 Å². The number of ether oxygens (including phenoxy) is 1. The number of rotatable bonds is 11. The van der Waals surface area contributed by atoms with Gasteiger partial charge in [0.2, 0.25) is 0 Å². The van der Waals surface area contributed by atoms with Crippen molar-refractivity contribution in [1.82, 2.24) is 9.55 Å². The van der Waals surface area contributed by atoms with Gasteiger partial charge in [-0.2, -0.15) is 0 Å². The molecule has 1 heterocycles. The summed E-state index contributed by atoms with van der Waals surface area (Å²) in [6.45, 7) is 9.51. The van der Waals surface area contributed by atoms with Crippen LogP contribution in [0.15, 0.2) is 17.1 Å². The van der Waals surface area contributed by atoms with Gasteiger partial charge in [0.1, 0.15) is 4.64 Å². The molecule has 0 radical (unpaired) electrons. The molecule has 5 nitrogen and oxygen atoms in total. The van der Waals surface area contributed by atoms with E-state index < -0.39 is 0 Å². The molecule has 0 fully saturated rings. The lowest BCUT2D eigenvalue weighted by Crippen LogP contribution is -2.24. The summed E-state index contributed by atoms with van der Waals surface area (Å²) in [6, 6.07) is 1.72. The smallest absolute Gasteiger partial charge is 0.326 e. The maximum absolute atomic E-state index is 12.2. The maximum atomic E-state index is 12.2. The van der Waals surface area contributed by atoms with Crippen molar-refractivity contribution >= 4 is 18.2 Å². The number of hydrogen-bond donors (Lipinski definition) is 1. The fourth-order valence-corrected chi connectivity index (χ4v) is 3.06. The second kappa shape index (κ2) is 11.2. The van der Waals surface area contributed by atoms with E-state index in [4.69, 9.17) is 17.0 Å². The first kappa shape index (κ1) is 21.6. The quantitative estimate of drug-likeness (QED) is 0.359. The number of H-pyrrole nitrogens is 1. The van der Waals surface area contributed by atoms with E-state index in [1.165, 1.54) is 0 Å². The Morgan fingerprint density at radius 1 is 1.20 bits per heavy atom. The number of aromatic amines is 1. The Bertz CT molecular complexity index is 606. The minimum atomic E-state index is -0.161. The molecule has 1 aromatic rings. The molecule has 0 bridgehead atoms. The Labute approximate surface area is 155 Å². The Morgan fingerprint density at radius 3 is 2.48 bits per heavy atom. The van der Waals surface area contributed by atoms with Crippen LogP contribution in [0.4, 0.5) is 0 Å². The Hall–Kier alpha value is -1.43. The number of carbonyl (C=O) groups is 1. The number of nitrogens with one attached hydrogen (secondary N) is 1. The van der Waals surface area contributed by atoms with Gasteiger partial charge in [-0.05, 0) is 43.6 Å². The number of esters is 1. The number of unbranched alkanes of at least 4 members (excludes halogenated alkanes) is 3. The standard InChI is InChI=1S/C19H32N2O3S/c1-14(2)13-16(15(3)4)18(22)24-12-8-6-5-7-11-21-17(25)9-10-20-19(21)23/h9-10,14-16H,5-8,11-13H2,1-4H3,(H,20,23). The van der Waals surface area contributed by atoms with E-state index in [1.807, 2.05) is 0 Å². The highest BCUT2D eigenvalue weighted by molar-refractivity contribution is 7.71. The molecule has 142 valence electrons. The summed E-state index contributed by atoms with van der Waals surface area (Å²) in [4.78, 5) is 26.5. The van der Waals surface area contributed by atoms with Gasteiger partial charge in [0, 0.05) is 12.7 Å². The average Bonchev–Trinajstić information content (AvgIpc) is 2.53. The zero-order chi connectivity index (χ0) is 18.8. The lowest BCUT2D eigenvalue weighted by molar-refractivity contribution is -0.151. The van der Waals surface area contributed by atoms with Crippen molar-refractivity contribution in [3.63, 3.8) is 0 Å². The van der Waals surface area contributed by atoms with E-state index in [0.29, 0.717) is 29.6 Å². The minimum absolute atomic E-state index is 0.00770. The van der Waals surface area contributed by atoms with Crippen LogP contribution in [0.1, 0.15) is 59.8 Å². The van der Waals surface area contributed by atoms with Gasteiger partial charge in [0.25, 0.3) is 0 Å². The van der Waals surface area contributed by atoms with Gasteiger partial charge in [-0.3, -0.25) is 9.36 Å². The third-order valence-electron chi connectivity index (χ3n) is 4.30. The molecule has 25 heavy (non-hydrogen) atoms. The molecule has 6 heteroatoms. The normalized spacial score (nSPS) is 12.6. The topological polar surface area (TPSA) is 64.1 Å². The number of hydrogen-bond acceptors (Lipinski definition) is 4. The predicted molar refractivity (Wildman–Crippen MR) is 103 cm³/mol. The van der Waals surface area contributed by atoms with Crippen LogP contribution >= 0.6 is 12.2 Å². The van der Waals surface area contributed by atoms with Crippen LogP contribution < -0.4 is 5.69 Å². The largest absolute Gasteiger partial charge is 0.465 e. The summed E-state index contributed by atoms with van der Waals surface area (Å²) < 4.78 is 7.59. The summed E-state index contributed by atoms with van der Waals surface area (Å²) in [6.07, 6.45) is 6.14. The molecule has 0 aliphatic rings. The van der Waals surface area contributed by atoms with Gasteiger partial charge >= 0.3 is 11.7 Å². The SMILES string of the molecule is CC(C)CC(C(=O)OCCCCCCn1c(=S)cc[nH]c1=O)C(C)C. The predicted octanol–water partition coefficient (Wildman–Crippen LogP) is 4.33. The van der Waals surface area contributed by atoms with E-state index in [9.17, 15) is 9.59 Å². The molecular formula is C19H32N2O3S. The first-order valence-electron chi connectivity index (χ1n) is 9.28. The summed E-state index contributed by atoms with van der Waals surface area (Å²) in [5, 5.41) is 0. The highest BCUT2D eigenvalue weighted by atomic mass is 32.1. The van der Waals surface area contributed by atoms with E-state index in [2.05, 4.69) is 32.7 Å². The Balaban J connectivity index is 2.22. The molecule has 0 spiro atoms. The van der Waals surface area contributed by atoms with E-state index in [-0.39, 0.29) is 17.6 Å². The van der Waals surface area contributed by atoms with Gasteiger partial charge in [-0.25, -0.2) is 4.79 Å². The van der Waals surface area contributed by atoms with Crippen LogP contribution in [0, 0.1) is 22.4 Å². The van der Waals surface area contributed by atoms with Crippen molar-refractivity contribution in [3.05, 3.63) is 27.4 Å². The average molecular weight is 369 g/mol. The molecule has 0 amide bonds. The van der Waals surface area contributed by atoms with Crippen molar-refractivity contribution in [3.8, 4) is 0 Å². The lowest BCUT2D eigenvalue weighted by Gasteiger charge is -2.21. The fraction of sp³-hybridized carbons (Fsp3) is 0.737. The van der Waals surface area contributed by atoms with Crippen molar-refractivity contribution in [1.29, 1.82) is 0 Å². The van der Waals surface area contributed by atoms with Gasteiger partial charge in [-0.15, -0.1) is 0 Å². The second-order valence-electron chi connectivity index (χ2n) is 7.33.